The predicted octanol–water partition coefficient (Wildman–Crippen LogP) is 5.63. The van der Waals surface area contributed by atoms with E-state index in [-0.39, 0.29) is 11.8 Å². The third-order valence-corrected chi connectivity index (χ3v) is 7.35. The molecule has 1 heterocycles. The van der Waals surface area contributed by atoms with Crippen LogP contribution < -0.4 is 20.5 Å². The number of para-hydroxylation sites is 1. The summed E-state index contributed by atoms with van der Waals surface area (Å²) in [5, 5.41) is 3.00. The molecular weight excluding hydrogens is 526 g/mol. The minimum Gasteiger partial charge on any atom is -0.489 e. The van der Waals surface area contributed by atoms with Gasteiger partial charge in [0, 0.05) is 13.0 Å². The Labute approximate surface area is 247 Å². The number of nitrogens with zero attached hydrogens (tertiary/aromatic N) is 1. The van der Waals surface area contributed by atoms with Gasteiger partial charge < -0.3 is 25.4 Å². The van der Waals surface area contributed by atoms with E-state index >= 15 is 0 Å². The van der Waals surface area contributed by atoms with Gasteiger partial charge in [0.1, 0.15) is 35.9 Å². The highest BCUT2D eigenvalue weighted by Crippen LogP contribution is 2.26. The average molecular weight is 564 g/mol. The summed E-state index contributed by atoms with van der Waals surface area (Å²) < 4.78 is 11.9. The quantitative estimate of drug-likeness (QED) is 0.206. The number of nitrogens with one attached hydrogen (secondary N) is 1. The molecule has 3 N–H and O–H groups in total. The fourth-order valence-corrected chi connectivity index (χ4v) is 5.15. The largest absolute Gasteiger partial charge is 0.489 e. The van der Waals surface area contributed by atoms with E-state index in [2.05, 4.69) is 5.32 Å². The van der Waals surface area contributed by atoms with Crippen molar-refractivity contribution in [2.45, 2.75) is 50.9 Å². The van der Waals surface area contributed by atoms with Crippen molar-refractivity contribution < 1.29 is 19.1 Å². The highest BCUT2D eigenvalue weighted by atomic mass is 16.5. The zero-order valence-electron chi connectivity index (χ0n) is 23.7. The van der Waals surface area contributed by atoms with E-state index < -0.39 is 12.1 Å². The SMILES string of the molecule is NCCCC[C@H]1C(=O)N[C@@H](Cc2ccc(OCc3ccccc3)cc2)C(=O)N1Cc1cccc(Oc2ccccc2)c1. The summed E-state index contributed by atoms with van der Waals surface area (Å²) in [6.07, 6.45) is 2.53. The van der Waals surface area contributed by atoms with Gasteiger partial charge in [-0.3, -0.25) is 9.59 Å². The molecule has 1 saturated heterocycles. The molecule has 42 heavy (non-hydrogen) atoms. The van der Waals surface area contributed by atoms with Crippen LogP contribution in [0.3, 0.4) is 0 Å². The van der Waals surface area contributed by atoms with Crippen molar-refractivity contribution >= 4 is 11.8 Å². The first-order chi connectivity index (χ1) is 20.6. The molecule has 216 valence electrons. The summed E-state index contributed by atoms with van der Waals surface area (Å²) in [5.74, 6) is 1.95. The predicted molar refractivity (Wildman–Crippen MR) is 163 cm³/mol. The lowest BCUT2D eigenvalue weighted by Gasteiger charge is -2.39. The number of nitrogens with two attached hydrogens (primary N) is 1. The smallest absolute Gasteiger partial charge is 0.246 e. The number of benzene rings is 4. The van der Waals surface area contributed by atoms with Gasteiger partial charge in [-0.05, 0) is 78.9 Å². The second-order valence-electron chi connectivity index (χ2n) is 10.5. The zero-order chi connectivity index (χ0) is 29.1. The van der Waals surface area contributed by atoms with Gasteiger partial charge in [0.25, 0.3) is 0 Å². The van der Waals surface area contributed by atoms with E-state index in [1.54, 1.807) is 4.90 Å². The standard InChI is InChI=1S/C35H37N3O4/c36-21-8-7-16-33-34(39)37-32(23-26-17-19-29(20-18-26)41-25-27-10-3-1-4-11-27)35(40)38(33)24-28-12-9-15-31(22-28)42-30-13-5-2-6-14-30/h1-6,9-15,17-20,22,32-33H,7-8,16,21,23-25,36H2,(H,37,39)/t32-,33-/m0/s1. The molecule has 2 amide bonds. The maximum absolute atomic E-state index is 13.9. The molecule has 1 aliphatic rings. The first kappa shape index (κ1) is 28.9. The van der Waals surface area contributed by atoms with Crippen molar-refractivity contribution in [3.05, 3.63) is 126 Å². The number of carbonyl (C=O) groups is 2. The lowest BCUT2D eigenvalue weighted by Crippen LogP contribution is -2.63. The molecule has 0 bridgehead atoms. The fourth-order valence-electron chi connectivity index (χ4n) is 5.15. The van der Waals surface area contributed by atoms with Crippen LogP contribution in [0.25, 0.3) is 0 Å². The molecule has 1 aliphatic heterocycles. The van der Waals surface area contributed by atoms with Gasteiger partial charge in [0.05, 0.1) is 0 Å². The second-order valence-corrected chi connectivity index (χ2v) is 10.5. The molecule has 0 spiro atoms. The maximum atomic E-state index is 13.9. The molecule has 1 fully saturated rings. The van der Waals surface area contributed by atoms with Crippen LogP contribution in [-0.2, 0) is 29.2 Å². The summed E-state index contributed by atoms with van der Waals surface area (Å²) in [6, 6.07) is 33.7. The van der Waals surface area contributed by atoms with Crippen LogP contribution in [0, 0.1) is 0 Å². The van der Waals surface area contributed by atoms with Crippen molar-refractivity contribution in [2.24, 2.45) is 5.73 Å². The number of carbonyl (C=O) groups excluding carboxylic acids is 2. The Morgan fingerprint density at radius 2 is 1.40 bits per heavy atom. The molecule has 4 aromatic carbocycles. The average Bonchev–Trinajstić information content (AvgIpc) is 3.02. The van der Waals surface area contributed by atoms with Crippen LogP contribution in [0.4, 0.5) is 0 Å². The molecule has 0 unspecified atom stereocenters. The molecule has 7 heteroatoms. The lowest BCUT2D eigenvalue weighted by atomic mass is 9.97. The Morgan fingerprint density at radius 3 is 2.14 bits per heavy atom. The first-order valence-corrected chi connectivity index (χ1v) is 14.5. The molecule has 0 aromatic heterocycles. The summed E-state index contributed by atoms with van der Waals surface area (Å²) in [7, 11) is 0. The van der Waals surface area contributed by atoms with E-state index in [1.807, 2.05) is 109 Å². The zero-order valence-corrected chi connectivity index (χ0v) is 23.7. The van der Waals surface area contributed by atoms with E-state index in [0.717, 1.165) is 41.0 Å². The van der Waals surface area contributed by atoms with Gasteiger partial charge in [-0.2, -0.15) is 0 Å². The van der Waals surface area contributed by atoms with Crippen molar-refractivity contribution in [1.82, 2.24) is 10.2 Å². The Balaban J connectivity index is 1.28. The van der Waals surface area contributed by atoms with Crippen LogP contribution in [0.1, 0.15) is 36.0 Å². The van der Waals surface area contributed by atoms with Crippen molar-refractivity contribution in [2.75, 3.05) is 6.54 Å². The van der Waals surface area contributed by atoms with Gasteiger partial charge in [-0.1, -0.05) is 72.8 Å². The van der Waals surface area contributed by atoms with Crippen LogP contribution in [0.15, 0.2) is 109 Å². The van der Waals surface area contributed by atoms with Crippen LogP contribution in [-0.4, -0.2) is 35.3 Å². The normalized spacial score (nSPS) is 16.6. The molecule has 5 rings (SSSR count). The molecule has 0 saturated carbocycles. The van der Waals surface area contributed by atoms with Crippen LogP contribution in [0.2, 0.25) is 0 Å². The lowest BCUT2D eigenvalue weighted by molar-refractivity contribution is -0.150. The summed E-state index contributed by atoms with van der Waals surface area (Å²) in [5.41, 5.74) is 8.64. The van der Waals surface area contributed by atoms with Crippen molar-refractivity contribution in [1.29, 1.82) is 0 Å². The molecular formula is C35H37N3O4. The fraction of sp³-hybridized carbons (Fsp3) is 0.257. The first-order valence-electron chi connectivity index (χ1n) is 14.5. The number of ether oxygens (including phenoxy) is 2. The number of unbranched alkanes of at least 4 members (excludes halogenated alkanes) is 1. The molecule has 7 nitrogen and oxygen atoms in total. The van der Waals surface area contributed by atoms with E-state index in [4.69, 9.17) is 15.2 Å². The van der Waals surface area contributed by atoms with E-state index in [1.165, 1.54) is 0 Å². The van der Waals surface area contributed by atoms with Crippen LogP contribution in [0.5, 0.6) is 17.2 Å². The molecule has 0 radical (unpaired) electrons. The Hall–Kier alpha value is -4.62. The summed E-state index contributed by atoms with van der Waals surface area (Å²) >= 11 is 0. The highest BCUT2D eigenvalue weighted by molar-refractivity contribution is 5.97. The Bertz CT molecular complexity index is 1440. The number of rotatable bonds is 13. The van der Waals surface area contributed by atoms with E-state index in [0.29, 0.717) is 38.3 Å². The van der Waals surface area contributed by atoms with Gasteiger partial charge in [-0.15, -0.1) is 0 Å². The van der Waals surface area contributed by atoms with Gasteiger partial charge in [-0.25, -0.2) is 0 Å². The minimum atomic E-state index is -0.650. The summed E-state index contributed by atoms with van der Waals surface area (Å²) in [4.78, 5) is 28.9. The third kappa shape index (κ3) is 7.77. The van der Waals surface area contributed by atoms with Gasteiger partial charge >= 0.3 is 0 Å². The topological polar surface area (TPSA) is 93.9 Å². The Morgan fingerprint density at radius 1 is 0.714 bits per heavy atom. The molecule has 2 atom stereocenters. The highest BCUT2D eigenvalue weighted by Gasteiger charge is 2.40. The summed E-state index contributed by atoms with van der Waals surface area (Å²) in [6.45, 7) is 1.35. The molecule has 0 aliphatic carbocycles. The van der Waals surface area contributed by atoms with Gasteiger partial charge in [0.15, 0.2) is 0 Å². The molecule has 4 aromatic rings. The van der Waals surface area contributed by atoms with Gasteiger partial charge in [0.2, 0.25) is 11.8 Å². The number of piperazine rings is 1. The Kier molecular flexibility index (Phi) is 9.86. The number of hydrogen-bond acceptors (Lipinski definition) is 5. The van der Waals surface area contributed by atoms with E-state index in [9.17, 15) is 9.59 Å². The van der Waals surface area contributed by atoms with Crippen molar-refractivity contribution in [3.63, 3.8) is 0 Å². The van der Waals surface area contributed by atoms with Crippen molar-refractivity contribution in [3.8, 4) is 17.2 Å². The monoisotopic (exact) mass is 563 g/mol. The second kappa shape index (κ2) is 14.3. The minimum absolute atomic E-state index is 0.0915. The van der Waals surface area contributed by atoms with Crippen LogP contribution >= 0.6 is 0 Å². The number of hydrogen-bond donors (Lipinski definition) is 2. The maximum Gasteiger partial charge on any atom is 0.246 e. The number of amides is 2. The third-order valence-electron chi connectivity index (χ3n) is 7.35.